The van der Waals surface area contributed by atoms with E-state index in [1.54, 1.807) is 4.90 Å². The molecule has 296 valence electrons. The number of carbonyl (C=O) groups is 2. The fourth-order valence-electron chi connectivity index (χ4n) is 9.39. The highest BCUT2D eigenvalue weighted by molar-refractivity contribution is 6.05. The average Bonchev–Trinajstić information content (AvgIpc) is 3.25. The first kappa shape index (κ1) is 40.4. The van der Waals surface area contributed by atoms with Crippen LogP contribution >= 0.6 is 0 Å². The third-order valence-corrected chi connectivity index (χ3v) is 12.0. The predicted octanol–water partition coefficient (Wildman–Crippen LogP) is 9.17. The van der Waals surface area contributed by atoms with E-state index in [-0.39, 0.29) is 38.5 Å². The summed E-state index contributed by atoms with van der Waals surface area (Å²) in [6.07, 6.45) is 3.46. The molecule has 4 N–H and O–H groups in total. The highest BCUT2D eigenvalue weighted by Gasteiger charge is 2.57. The number of benzene rings is 6. The zero-order chi connectivity index (χ0) is 40.4. The van der Waals surface area contributed by atoms with Gasteiger partial charge in [0.25, 0.3) is 0 Å². The first-order valence-electron chi connectivity index (χ1n) is 20.5. The van der Waals surface area contributed by atoms with Gasteiger partial charge >= 0.3 is 0 Å². The zero-order valence-corrected chi connectivity index (χ0v) is 33.1. The zero-order valence-electron chi connectivity index (χ0n) is 33.1. The first-order chi connectivity index (χ1) is 28.2. The Kier molecular flexibility index (Phi) is 12.7. The number of carbonyl (C=O) groups excluding carboxylic acids is 2. The van der Waals surface area contributed by atoms with Gasteiger partial charge in [0, 0.05) is 25.7 Å². The van der Waals surface area contributed by atoms with E-state index in [1.807, 2.05) is 182 Å². The van der Waals surface area contributed by atoms with Crippen LogP contribution in [0.3, 0.4) is 0 Å². The Morgan fingerprint density at radius 3 is 1.03 bits per heavy atom. The van der Waals surface area contributed by atoms with Crippen molar-refractivity contribution in [1.82, 2.24) is 4.90 Å². The summed E-state index contributed by atoms with van der Waals surface area (Å²) in [5, 5.41) is 27.8. The van der Waals surface area contributed by atoms with Crippen LogP contribution in [-0.4, -0.2) is 38.1 Å². The number of hydrogen-bond donors (Lipinski definition) is 3. The molecule has 1 aliphatic carbocycles. The molecule has 2 unspecified atom stereocenters. The summed E-state index contributed by atoms with van der Waals surface area (Å²) in [4.78, 5) is 32.2. The Morgan fingerprint density at radius 1 is 0.483 bits per heavy atom. The molecule has 58 heavy (non-hydrogen) atoms. The molecule has 0 aromatic heterocycles. The smallest absolute Gasteiger partial charge is 0.239 e. The van der Waals surface area contributed by atoms with Gasteiger partial charge in [0.2, 0.25) is 11.8 Å². The van der Waals surface area contributed by atoms with E-state index in [9.17, 15) is 15.0 Å². The van der Waals surface area contributed by atoms with Gasteiger partial charge in [0.15, 0.2) is 0 Å². The lowest BCUT2D eigenvalue weighted by Crippen LogP contribution is -2.62. The summed E-state index contributed by atoms with van der Waals surface area (Å²) >= 11 is 0. The van der Waals surface area contributed by atoms with Crippen molar-refractivity contribution in [3.8, 4) is 0 Å². The molecule has 0 aliphatic heterocycles. The highest BCUT2D eigenvalue weighted by atomic mass is 16.3. The van der Waals surface area contributed by atoms with Crippen LogP contribution in [0.4, 0.5) is 0 Å². The van der Waals surface area contributed by atoms with Gasteiger partial charge in [0.1, 0.15) is 5.41 Å². The van der Waals surface area contributed by atoms with Crippen LogP contribution in [-0.2, 0) is 35.3 Å². The van der Waals surface area contributed by atoms with E-state index in [0.717, 1.165) is 28.7 Å². The molecule has 1 saturated carbocycles. The maximum absolute atomic E-state index is 16.4. The number of nitrogens with two attached hydrogens (primary N) is 1. The second-order valence-corrected chi connectivity index (χ2v) is 16.2. The second-order valence-electron chi connectivity index (χ2n) is 16.2. The molecule has 0 spiro atoms. The van der Waals surface area contributed by atoms with Crippen LogP contribution < -0.4 is 5.73 Å². The van der Waals surface area contributed by atoms with Gasteiger partial charge in [-0.15, -0.1) is 0 Å². The fraction of sp³-hybridized carbons (Fsp3) is 0.269. The molecule has 2 amide bonds. The number of nitrogens with zero attached hydrogens (tertiary/aromatic N) is 1. The minimum atomic E-state index is -1.67. The Balaban J connectivity index is 1.57. The third kappa shape index (κ3) is 8.99. The van der Waals surface area contributed by atoms with Crippen molar-refractivity contribution in [1.29, 1.82) is 0 Å². The molecule has 0 radical (unpaired) electrons. The normalized spacial score (nSPS) is 15.2. The molecule has 0 saturated heterocycles. The highest BCUT2D eigenvalue weighted by Crippen LogP contribution is 2.50. The maximum Gasteiger partial charge on any atom is 0.239 e. The van der Waals surface area contributed by atoms with E-state index >= 15 is 4.79 Å². The summed E-state index contributed by atoms with van der Waals surface area (Å²) in [7, 11) is 0. The van der Waals surface area contributed by atoms with Crippen molar-refractivity contribution in [3.05, 3.63) is 215 Å². The van der Waals surface area contributed by atoms with Crippen LogP contribution in [0.2, 0.25) is 0 Å². The van der Waals surface area contributed by atoms with Crippen molar-refractivity contribution in [2.24, 2.45) is 11.1 Å². The number of primary amides is 1. The van der Waals surface area contributed by atoms with Crippen LogP contribution in [0.5, 0.6) is 0 Å². The fourth-order valence-corrected chi connectivity index (χ4v) is 9.39. The Morgan fingerprint density at radius 2 is 0.759 bits per heavy atom. The van der Waals surface area contributed by atoms with E-state index < -0.39 is 40.5 Å². The first-order valence-corrected chi connectivity index (χ1v) is 20.5. The average molecular weight is 771 g/mol. The lowest BCUT2D eigenvalue weighted by molar-refractivity contribution is -0.174. The van der Waals surface area contributed by atoms with Gasteiger partial charge < -0.3 is 20.8 Å². The largest absolute Gasteiger partial charge is 0.387 e. The van der Waals surface area contributed by atoms with Gasteiger partial charge in [-0.1, -0.05) is 201 Å². The summed E-state index contributed by atoms with van der Waals surface area (Å²) in [5.41, 5.74) is 6.44. The SMILES string of the molecule is NC(=O)C1(C(=O)N(C(c2ccccc2)C(O)(Cc2ccccc2)Cc2ccccc2)C(c2ccccc2)C(O)(Cc2ccccc2)Cc2ccccc2)CCCCC1. The molecule has 0 heterocycles. The van der Waals surface area contributed by atoms with E-state index in [0.29, 0.717) is 24.0 Å². The lowest BCUT2D eigenvalue weighted by Gasteiger charge is -2.53. The monoisotopic (exact) mass is 770 g/mol. The third-order valence-electron chi connectivity index (χ3n) is 12.0. The molecule has 2 atom stereocenters. The summed E-state index contributed by atoms with van der Waals surface area (Å²) in [5.74, 6) is -1.15. The number of rotatable bonds is 16. The van der Waals surface area contributed by atoms with Crippen LogP contribution in [0.25, 0.3) is 0 Å². The quantitative estimate of drug-likeness (QED) is 0.0855. The van der Waals surface area contributed by atoms with Crippen molar-refractivity contribution < 1.29 is 19.8 Å². The van der Waals surface area contributed by atoms with Crippen LogP contribution in [0, 0.1) is 5.41 Å². The Labute approximate surface area is 343 Å². The van der Waals surface area contributed by atoms with Crippen LogP contribution in [0.15, 0.2) is 182 Å². The number of amides is 2. The summed E-state index contributed by atoms with van der Waals surface area (Å²) in [6, 6.07) is 56.5. The number of aliphatic hydroxyl groups is 2. The molecule has 7 rings (SSSR count). The molecule has 6 heteroatoms. The van der Waals surface area contributed by atoms with Gasteiger partial charge in [-0.2, -0.15) is 0 Å². The Bertz CT molecular complexity index is 1970. The molecule has 6 aromatic carbocycles. The lowest BCUT2D eigenvalue weighted by atomic mass is 9.68. The van der Waals surface area contributed by atoms with Crippen molar-refractivity contribution in [2.45, 2.75) is 81.1 Å². The van der Waals surface area contributed by atoms with Gasteiger partial charge in [-0.3, -0.25) is 9.59 Å². The van der Waals surface area contributed by atoms with E-state index in [1.165, 1.54) is 0 Å². The second kappa shape index (κ2) is 18.2. The van der Waals surface area contributed by atoms with E-state index in [4.69, 9.17) is 5.73 Å². The van der Waals surface area contributed by atoms with E-state index in [2.05, 4.69) is 0 Å². The van der Waals surface area contributed by atoms with Gasteiger partial charge in [0.05, 0.1) is 23.3 Å². The molecular formula is C52H54N2O4. The summed E-state index contributed by atoms with van der Waals surface area (Å²) < 4.78 is 0. The predicted molar refractivity (Wildman–Crippen MR) is 230 cm³/mol. The summed E-state index contributed by atoms with van der Waals surface area (Å²) in [6.45, 7) is 0. The molecule has 6 aromatic rings. The van der Waals surface area contributed by atoms with Crippen LogP contribution in [0.1, 0.15) is 77.6 Å². The van der Waals surface area contributed by atoms with Gasteiger partial charge in [-0.05, 0) is 46.2 Å². The minimum absolute atomic E-state index is 0.174. The minimum Gasteiger partial charge on any atom is -0.387 e. The maximum atomic E-state index is 16.4. The standard InChI is InChI=1S/C52H54N2O4/c53-48(55)50(34-20-7-21-35-50)49(56)54(46(44-30-16-5-17-31-44)51(57,36-40-22-8-1-9-23-40)37-41-24-10-2-11-25-41)47(45-32-18-6-19-33-45)52(58,38-42-26-12-3-13-27-42)39-43-28-14-4-15-29-43/h1-6,8-19,22-33,46-47,57-58H,7,20-21,34-39H2,(H2,53,55). The van der Waals surface area contributed by atoms with Gasteiger partial charge in [-0.25, -0.2) is 0 Å². The topological polar surface area (TPSA) is 104 Å². The number of hydrogen-bond acceptors (Lipinski definition) is 4. The molecule has 6 nitrogen and oxygen atoms in total. The molecular weight excluding hydrogens is 717 g/mol. The Hall–Kier alpha value is -5.82. The van der Waals surface area contributed by atoms with Crippen molar-refractivity contribution >= 4 is 11.8 Å². The molecule has 1 aliphatic rings. The molecule has 1 fully saturated rings. The molecule has 0 bridgehead atoms. The van der Waals surface area contributed by atoms with Crippen molar-refractivity contribution in [2.75, 3.05) is 0 Å². The van der Waals surface area contributed by atoms with Crippen molar-refractivity contribution in [3.63, 3.8) is 0 Å².